The molecule has 1 aliphatic rings. The van der Waals surface area contributed by atoms with Crippen molar-refractivity contribution in [3.63, 3.8) is 0 Å². The summed E-state index contributed by atoms with van der Waals surface area (Å²) in [6.07, 6.45) is 3.49. The Bertz CT molecular complexity index is 391. The molecule has 0 bridgehead atoms. The van der Waals surface area contributed by atoms with Gasteiger partial charge in [-0.3, -0.25) is 4.90 Å². The number of nitrogens with zero attached hydrogens (tertiary/aromatic N) is 1. The molecule has 0 heterocycles. The van der Waals surface area contributed by atoms with Crippen LogP contribution in [0.25, 0.3) is 0 Å². The fourth-order valence-electron chi connectivity index (χ4n) is 2.33. The van der Waals surface area contributed by atoms with Crippen molar-refractivity contribution in [2.24, 2.45) is 5.73 Å². The summed E-state index contributed by atoms with van der Waals surface area (Å²) in [5.41, 5.74) is 6.22. The van der Waals surface area contributed by atoms with Crippen LogP contribution in [-0.4, -0.2) is 24.5 Å². The Morgan fingerprint density at radius 2 is 2.12 bits per heavy atom. The van der Waals surface area contributed by atoms with Crippen LogP contribution >= 0.6 is 0 Å². The van der Waals surface area contributed by atoms with Gasteiger partial charge in [0.1, 0.15) is 11.6 Å². The summed E-state index contributed by atoms with van der Waals surface area (Å²) in [5, 5.41) is 0. The Balaban J connectivity index is 2.21. The average molecular weight is 240 g/mol. The lowest BCUT2D eigenvalue weighted by atomic mass is 9.89. The number of nitrogens with two attached hydrogens (primary N) is 1. The van der Waals surface area contributed by atoms with Crippen molar-refractivity contribution in [1.82, 2.24) is 4.90 Å². The Morgan fingerprint density at radius 3 is 2.59 bits per heavy atom. The van der Waals surface area contributed by atoms with Crippen LogP contribution in [0.4, 0.5) is 8.78 Å². The van der Waals surface area contributed by atoms with Gasteiger partial charge in [0.05, 0.1) is 0 Å². The van der Waals surface area contributed by atoms with E-state index in [1.165, 1.54) is 18.6 Å². The highest BCUT2D eigenvalue weighted by Gasteiger charge is 2.29. The minimum Gasteiger partial charge on any atom is -0.329 e. The van der Waals surface area contributed by atoms with Gasteiger partial charge in [-0.1, -0.05) is 12.5 Å². The van der Waals surface area contributed by atoms with Crippen LogP contribution in [-0.2, 0) is 0 Å². The van der Waals surface area contributed by atoms with E-state index in [2.05, 4.69) is 4.90 Å². The average Bonchev–Trinajstić information content (AvgIpc) is 2.19. The van der Waals surface area contributed by atoms with Gasteiger partial charge in [0.25, 0.3) is 0 Å². The highest BCUT2D eigenvalue weighted by molar-refractivity contribution is 5.23. The second kappa shape index (κ2) is 5.10. The van der Waals surface area contributed by atoms with Crippen molar-refractivity contribution in [2.75, 3.05) is 13.6 Å². The van der Waals surface area contributed by atoms with Gasteiger partial charge in [-0.15, -0.1) is 0 Å². The lowest BCUT2D eigenvalue weighted by Gasteiger charge is -2.39. The first kappa shape index (κ1) is 12.5. The third-order valence-corrected chi connectivity index (χ3v) is 3.69. The van der Waals surface area contributed by atoms with Gasteiger partial charge in [-0.2, -0.15) is 0 Å². The van der Waals surface area contributed by atoms with Crippen LogP contribution in [0.5, 0.6) is 0 Å². The number of benzene rings is 1. The molecule has 0 aromatic heterocycles. The normalized spacial score (nSPS) is 18.2. The van der Waals surface area contributed by atoms with Gasteiger partial charge in [0, 0.05) is 30.3 Å². The van der Waals surface area contributed by atoms with Crippen molar-refractivity contribution < 1.29 is 8.78 Å². The maximum absolute atomic E-state index is 13.7. The second-order valence-corrected chi connectivity index (χ2v) is 4.67. The summed E-state index contributed by atoms with van der Waals surface area (Å²) in [4.78, 5) is 2.11. The molecule has 1 aromatic rings. The molecule has 2 nitrogen and oxygen atoms in total. The summed E-state index contributed by atoms with van der Waals surface area (Å²) in [6.45, 7) is 0.343. The predicted octanol–water partition coefficient (Wildman–Crippen LogP) is 2.45. The van der Waals surface area contributed by atoms with Crippen LogP contribution in [0.3, 0.4) is 0 Å². The Labute approximate surface area is 100 Å². The highest BCUT2D eigenvalue weighted by atomic mass is 19.1. The Kier molecular flexibility index (Phi) is 3.74. The molecule has 0 spiro atoms. The van der Waals surface area contributed by atoms with E-state index in [9.17, 15) is 8.78 Å². The number of hydrogen-bond donors (Lipinski definition) is 1. The van der Waals surface area contributed by atoms with Crippen molar-refractivity contribution in [1.29, 1.82) is 0 Å². The topological polar surface area (TPSA) is 29.3 Å². The van der Waals surface area contributed by atoms with Crippen LogP contribution in [0.1, 0.15) is 30.9 Å². The first-order chi connectivity index (χ1) is 8.13. The van der Waals surface area contributed by atoms with Crippen LogP contribution in [0, 0.1) is 11.6 Å². The van der Waals surface area contributed by atoms with Crippen molar-refractivity contribution >= 4 is 0 Å². The summed E-state index contributed by atoms with van der Waals surface area (Å²) < 4.78 is 26.6. The summed E-state index contributed by atoms with van der Waals surface area (Å²) >= 11 is 0. The summed E-state index contributed by atoms with van der Waals surface area (Å²) in [6, 6.07) is 4.02. The van der Waals surface area contributed by atoms with Crippen molar-refractivity contribution in [2.45, 2.75) is 31.3 Å². The molecule has 1 aliphatic carbocycles. The van der Waals surface area contributed by atoms with Crippen LogP contribution < -0.4 is 5.73 Å². The van der Waals surface area contributed by atoms with Crippen molar-refractivity contribution in [3.05, 3.63) is 35.4 Å². The minimum absolute atomic E-state index is 0.166. The number of likely N-dealkylation sites (N-methyl/N-ethyl adjacent to an activating group) is 1. The van der Waals surface area contributed by atoms with E-state index in [-0.39, 0.29) is 6.04 Å². The highest BCUT2D eigenvalue weighted by Crippen LogP contribution is 2.31. The SMILES string of the molecule is CN(C1CCC1)C(CN)c1ccc(F)cc1F. The Morgan fingerprint density at radius 1 is 1.41 bits per heavy atom. The van der Waals surface area contributed by atoms with E-state index in [4.69, 9.17) is 5.73 Å². The number of halogens is 2. The third-order valence-electron chi connectivity index (χ3n) is 3.69. The molecule has 0 radical (unpaired) electrons. The number of hydrogen-bond acceptors (Lipinski definition) is 2. The largest absolute Gasteiger partial charge is 0.329 e. The van der Waals surface area contributed by atoms with E-state index >= 15 is 0 Å². The molecular formula is C13H18F2N2. The van der Waals surface area contributed by atoms with Crippen molar-refractivity contribution in [3.8, 4) is 0 Å². The van der Waals surface area contributed by atoms with Crippen LogP contribution in [0.2, 0.25) is 0 Å². The maximum Gasteiger partial charge on any atom is 0.130 e. The third kappa shape index (κ3) is 2.48. The molecule has 0 saturated heterocycles. The predicted molar refractivity (Wildman–Crippen MR) is 63.6 cm³/mol. The zero-order chi connectivity index (χ0) is 12.4. The van der Waals surface area contributed by atoms with E-state index in [1.54, 1.807) is 0 Å². The van der Waals surface area contributed by atoms with E-state index in [1.807, 2.05) is 7.05 Å². The molecule has 1 atom stereocenters. The number of rotatable bonds is 4. The second-order valence-electron chi connectivity index (χ2n) is 4.67. The molecule has 17 heavy (non-hydrogen) atoms. The molecule has 4 heteroatoms. The first-order valence-corrected chi connectivity index (χ1v) is 6.00. The molecule has 94 valence electrons. The van der Waals surface area contributed by atoms with E-state index < -0.39 is 11.6 Å². The maximum atomic E-state index is 13.7. The molecular weight excluding hydrogens is 222 g/mol. The summed E-state index contributed by atoms with van der Waals surface area (Å²) in [7, 11) is 1.96. The molecule has 2 N–H and O–H groups in total. The Hall–Kier alpha value is -1.00. The fourth-order valence-corrected chi connectivity index (χ4v) is 2.33. The smallest absolute Gasteiger partial charge is 0.130 e. The zero-order valence-electron chi connectivity index (χ0n) is 10.00. The summed E-state index contributed by atoms with van der Waals surface area (Å²) in [5.74, 6) is -1.06. The lowest BCUT2D eigenvalue weighted by Crippen LogP contribution is -2.42. The van der Waals surface area contributed by atoms with Gasteiger partial charge >= 0.3 is 0 Å². The minimum atomic E-state index is -0.548. The monoisotopic (exact) mass is 240 g/mol. The van der Waals surface area contributed by atoms with Gasteiger partial charge in [-0.25, -0.2) is 8.78 Å². The van der Waals surface area contributed by atoms with Gasteiger partial charge < -0.3 is 5.73 Å². The first-order valence-electron chi connectivity index (χ1n) is 6.00. The van der Waals surface area contributed by atoms with Gasteiger partial charge in [0.2, 0.25) is 0 Å². The van der Waals surface area contributed by atoms with Crippen LogP contribution in [0.15, 0.2) is 18.2 Å². The van der Waals surface area contributed by atoms with Gasteiger partial charge in [0.15, 0.2) is 0 Å². The van der Waals surface area contributed by atoms with Gasteiger partial charge in [-0.05, 0) is 26.0 Å². The molecule has 1 fully saturated rings. The zero-order valence-corrected chi connectivity index (χ0v) is 10.00. The molecule has 0 amide bonds. The molecule has 2 rings (SSSR count). The molecule has 1 unspecified atom stereocenters. The molecule has 1 saturated carbocycles. The quantitative estimate of drug-likeness (QED) is 0.876. The fraction of sp³-hybridized carbons (Fsp3) is 0.538. The van der Waals surface area contributed by atoms with E-state index in [0.717, 1.165) is 18.9 Å². The molecule has 1 aromatic carbocycles. The standard InChI is InChI=1S/C13H18F2N2/c1-17(10-3-2-4-10)13(8-16)11-6-5-9(14)7-12(11)15/h5-7,10,13H,2-4,8,16H2,1H3. The molecule has 0 aliphatic heterocycles. The lowest BCUT2D eigenvalue weighted by molar-refractivity contribution is 0.111. The van der Waals surface area contributed by atoms with E-state index in [0.29, 0.717) is 18.2 Å².